The van der Waals surface area contributed by atoms with Gasteiger partial charge in [0.2, 0.25) is 0 Å². The van der Waals surface area contributed by atoms with E-state index < -0.39 is 35.9 Å². The van der Waals surface area contributed by atoms with Crippen LogP contribution in [0.25, 0.3) is 0 Å². The van der Waals surface area contributed by atoms with Gasteiger partial charge in [0, 0.05) is 31.0 Å². The Morgan fingerprint density at radius 3 is 2.69 bits per heavy atom. The molecule has 1 aliphatic rings. The van der Waals surface area contributed by atoms with E-state index in [4.69, 9.17) is 4.74 Å². The van der Waals surface area contributed by atoms with Gasteiger partial charge < -0.3 is 14.6 Å². The number of aromatic amines is 1. The number of morpholine rings is 1. The highest BCUT2D eigenvalue weighted by Gasteiger charge is 2.36. The number of hydrogen-bond acceptors (Lipinski definition) is 5. The molecule has 1 amide bonds. The average molecular weight is 415 g/mol. The first-order valence-corrected chi connectivity index (χ1v) is 8.79. The summed E-state index contributed by atoms with van der Waals surface area (Å²) >= 11 is 0. The van der Waals surface area contributed by atoms with Crippen LogP contribution in [-0.4, -0.2) is 56.1 Å². The predicted octanol–water partition coefficient (Wildman–Crippen LogP) is 0.663. The molecule has 0 spiro atoms. The highest BCUT2D eigenvalue weighted by Crippen LogP contribution is 2.31. The van der Waals surface area contributed by atoms with Gasteiger partial charge in [-0.1, -0.05) is 0 Å². The van der Waals surface area contributed by atoms with Crippen LogP contribution in [0, 0.1) is 13.8 Å². The van der Waals surface area contributed by atoms with E-state index in [-0.39, 0.29) is 31.0 Å². The van der Waals surface area contributed by atoms with Crippen molar-refractivity contribution < 1.29 is 22.7 Å². The van der Waals surface area contributed by atoms with Crippen LogP contribution in [0.5, 0.6) is 0 Å². The van der Waals surface area contributed by atoms with E-state index in [9.17, 15) is 27.6 Å². The van der Waals surface area contributed by atoms with Crippen molar-refractivity contribution in [3.05, 3.63) is 49.5 Å². The Kier molecular flexibility index (Phi) is 5.39. The highest BCUT2D eigenvalue weighted by atomic mass is 19.4. The summed E-state index contributed by atoms with van der Waals surface area (Å²) in [5.74, 6) is -0.641. The lowest BCUT2D eigenvalue weighted by atomic mass is 10.0. The smallest absolute Gasteiger partial charge is 0.377 e. The minimum Gasteiger partial charge on any atom is -0.377 e. The number of carbonyl (C=O) groups excluding carboxylic acids is 1. The van der Waals surface area contributed by atoms with Crippen LogP contribution in [-0.2, 0) is 18.3 Å². The van der Waals surface area contributed by atoms with E-state index in [0.29, 0.717) is 11.3 Å². The normalized spacial score (nSPS) is 17.6. The molecular formula is C17H20F3N5O4. The van der Waals surface area contributed by atoms with Gasteiger partial charge in [-0.15, -0.1) is 0 Å². The lowest BCUT2D eigenvalue weighted by molar-refractivity contribution is -0.143. The molecule has 2 aromatic heterocycles. The summed E-state index contributed by atoms with van der Waals surface area (Å²) in [4.78, 5) is 40.6. The Labute approximate surface area is 162 Å². The third-order valence-electron chi connectivity index (χ3n) is 4.90. The Bertz CT molecular complexity index is 1050. The Hall–Kier alpha value is -2.89. The summed E-state index contributed by atoms with van der Waals surface area (Å²) in [5.41, 5.74) is -0.604. The number of carbonyl (C=O) groups is 1. The maximum atomic E-state index is 13.1. The van der Waals surface area contributed by atoms with Crippen LogP contribution in [0.15, 0.2) is 15.8 Å². The van der Waals surface area contributed by atoms with Crippen molar-refractivity contribution in [2.75, 3.05) is 19.8 Å². The highest BCUT2D eigenvalue weighted by molar-refractivity contribution is 5.94. The van der Waals surface area contributed by atoms with Crippen molar-refractivity contribution in [1.29, 1.82) is 0 Å². The minimum atomic E-state index is -4.44. The number of ether oxygens (including phenoxy) is 1. The van der Waals surface area contributed by atoms with Gasteiger partial charge >= 0.3 is 11.9 Å². The number of hydrogen-bond donors (Lipinski definition) is 1. The van der Waals surface area contributed by atoms with E-state index in [1.165, 1.54) is 18.9 Å². The van der Waals surface area contributed by atoms with Crippen molar-refractivity contribution in [3.63, 3.8) is 0 Å². The summed E-state index contributed by atoms with van der Waals surface area (Å²) in [5, 5.41) is 3.97. The molecule has 12 heteroatoms. The number of aryl methyl sites for hydroxylation is 1. The number of alkyl halides is 3. The predicted molar refractivity (Wildman–Crippen MR) is 94.7 cm³/mol. The van der Waals surface area contributed by atoms with Gasteiger partial charge in [0.25, 0.3) is 11.5 Å². The fourth-order valence-electron chi connectivity index (χ4n) is 3.48. The molecule has 1 unspecified atom stereocenters. The number of amides is 1. The van der Waals surface area contributed by atoms with Crippen molar-refractivity contribution >= 4 is 5.91 Å². The summed E-state index contributed by atoms with van der Waals surface area (Å²) in [7, 11) is 1.24. The number of nitrogens with one attached hydrogen (secondary N) is 1. The van der Waals surface area contributed by atoms with Crippen LogP contribution in [0.1, 0.15) is 33.4 Å². The number of aromatic nitrogens is 4. The van der Waals surface area contributed by atoms with Crippen molar-refractivity contribution in [2.45, 2.75) is 32.6 Å². The molecule has 0 bridgehead atoms. The molecule has 1 aliphatic heterocycles. The van der Waals surface area contributed by atoms with E-state index in [2.05, 4.69) is 10.1 Å². The zero-order chi connectivity index (χ0) is 21.5. The van der Waals surface area contributed by atoms with Crippen LogP contribution in [0.3, 0.4) is 0 Å². The van der Waals surface area contributed by atoms with Crippen molar-refractivity contribution in [3.8, 4) is 0 Å². The lowest BCUT2D eigenvalue weighted by Gasteiger charge is -2.36. The Balaban J connectivity index is 2.02. The number of rotatable bonds is 3. The number of H-pyrrole nitrogens is 1. The second-order valence-electron chi connectivity index (χ2n) is 6.82. The molecule has 0 aliphatic carbocycles. The lowest BCUT2D eigenvalue weighted by Crippen LogP contribution is -2.47. The number of nitrogens with zero attached hydrogens (tertiary/aromatic N) is 4. The second-order valence-corrected chi connectivity index (χ2v) is 6.82. The van der Waals surface area contributed by atoms with Crippen LogP contribution >= 0.6 is 0 Å². The molecule has 29 heavy (non-hydrogen) atoms. The zero-order valence-corrected chi connectivity index (χ0v) is 16.0. The van der Waals surface area contributed by atoms with E-state index in [1.54, 1.807) is 6.92 Å². The van der Waals surface area contributed by atoms with E-state index >= 15 is 0 Å². The van der Waals surface area contributed by atoms with Crippen molar-refractivity contribution in [2.24, 2.45) is 7.05 Å². The molecule has 3 rings (SSSR count). The van der Waals surface area contributed by atoms with Crippen molar-refractivity contribution in [1.82, 2.24) is 24.2 Å². The second kappa shape index (κ2) is 7.50. The minimum absolute atomic E-state index is 0.0504. The van der Waals surface area contributed by atoms with Gasteiger partial charge in [-0.25, -0.2) is 4.79 Å². The summed E-state index contributed by atoms with van der Waals surface area (Å²) < 4.78 is 45.6. The molecule has 158 valence electrons. The maximum Gasteiger partial charge on any atom is 0.408 e. The molecule has 2 aromatic rings. The monoisotopic (exact) mass is 415 g/mol. The van der Waals surface area contributed by atoms with Gasteiger partial charge in [0.05, 0.1) is 24.9 Å². The zero-order valence-electron chi connectivity index (χ0n) is 16.0. The Morgan fingerprint density at radius 1 is 1.34 bits per heavy atom. The summed E-state index contributed by atoms with van der Waals surface area (Å²) in [6.07, 6.45) is -3.40. The molecule has 0 saturated carbocycles. The largest absolute Gasteiger partial charge is 0.408 e. The maximum absolute atomic E-state index is 13.1. The molecule has 9 nitrogen and oxygen atoms in total. The Morgan fingerprint density at radius 2 is 2.03 bits per heavy atom. The van der Waals surface area contributed by atoms with Gasteiger partial charge in [-0.2, -0.15) is 18.3 Å². The topological polar surface area (TPSA) is 102 Å². The first-order chi connectivity index (χ1) is 13.5. The van der Waals surface area contributed by atoms with Gasteiger partial charge in [-0.05, 0) is 13.8 Å². The molecule has 3 heterocycles. The van der Waals surface area contributed by atoms with Gasteiger partial charge in [0.1, 0.15) is 12.1 Å². The van der Waals surface area contributed by atoms with Gasteiger partial charge in [-0.3, -0.25) is 18.8 Å². The SMILES string of the molecule is Cc1nn(CC(F)(F)F)c(C)c1C1COCCN1C(=O)c1c[nH]c(=O)n(C)c1=O. The molecule has 1 atom stereocenters. The third kappa shape index (κ3) is 3.97. The quantitative estimate of drug-likeness (QED) is 0.794. The number of halogens is 3. The summed E-state index contributed by atoms with van der Waals surface area (Å²) in [6.45, 7) is 2.20. The molecule has 0 radical (unpaired) electrons. The fraction of sp³-hybridized carbons (Fsp3) is 0.529. The van der Waals surface area contributed by atoms with Gasteiger partial charge in [0.15, 0.2) is 0 Å². The van der Waals surface area contributed by atoms with E-state index in [0.717, 1.165) is 15.4 Å². The standard InChI is InChI=1S/C17H20F3N5O4/c1-9-13(10(2)25(22-9)8-17(18,19)20)12-7-29-5-4-24(12)15(27)11-6-21-16(28)23(3)14(11)26/h6,12H,4-5,7-8H2,1-3H3,(H,21,28). The molecule has 1 fully saturated rings. The molecular weight excluding hydrogens is 395 g/mol. The average Bonchev–Trinajstić information content (AvgIpc) is 2.91. The van der Waals surface area contributed by atoms with Crippen LogP contribution in [0.4, 0.5) is 13.2 Å². The first kappa shape index (κ1) is 20.8. The van der Waals surface area contributed by atoms with Crippen LogP contribution in [0.2, 0.25) is 0 Å². The molecule has 0 aromatic carbocycles. The van der Waals surface area contributed by atoms with Crippen LogP contribution < -0.4 is 11.2 Å². The third-order valence-corrected chi connectivity index (χ3v) is 4.90. The fourth-order valence-corrected chi connectivity index (χ4v) is 3.48. The first-order valence-electron chi connectivity index (χ1n) is 8.79. The molecule has 1 saturated heterocycles. The molecule has 1 N–H and O–H groups in total. The van der Waals surface area contributed by atoms with E-state index in [1.807, 2.05) is 0 Å². The summed E-state index contributed by atoms with van der Waals surface area (Å²) in [6, 6.07) is -0.713.